The van der Waals surface area contributed by atoms with Crippen LogP contribution in [0.4, 0.5) is 0 Å². The van der Waals surface area contributed by atoms with Crippen LogP contribution in [0.25, 0.3) is 0 Å². The van der Waals surface area contributed by atoms with Gasteiger partial charge in [-0.25, -0.2) is 0 Å². The zero-order valence-corrected chi connectivity index (χ0v) is 13.7. The summed E-state index contributed by atoms with van der Waals surface area (Å²) in [5.41, 5.74) is 9.02. The first-order valence-electron chi connectivity index (χ1n) is 8.26. The van der Waals surface area contributed by atoms with E-state index in [2.05, 4.69) is 49.9 Å². The minimum atomic E-state index is 0.0914. The van der Waals surface area contributed by atoms with Gasteiger partial charge >= 0.3 is 0 Å². The van der Waals surface area contributed by atoms with E-state index in [1.54, 1.807) is 0 Å². The third-order valence-corrected chi connectivity index (χ3v) is 4.18. The minimum Gasteiger partial charge on any atom is -0.376 e. The maximum absolute atomic E-state index is 6.38. The summed E-state index contributed by atoms with van der Waals surface area (Å²) in [6, 6.07) is 8.93. The SMILES string of the molecule is CCC1CN(CC(N)c2ccc(CC(C)C)cc2)CCO1. The van der Waals surface area contributed by atoms with E-state index in [9.17, 15) is 0 Å². The highest BCUT2D eigenvalue weighted by Crippen LogP contribution is 2.17. The molecule has 0 radical (unpaired) electrons. The van der Waals surface area contributed by atoms with E-state index < -0.39 is 0 Å². The molecule has 2 N–H and O–H groups in total. The van der Waals surface area contributed by atoms with E-state index in [0.29, 0.717) is 12.0 Å². The molecule has 2 atom stereocenters. The predicted octanol–water partition coefficient (Wildman–Crippen LogP) is 3.00. The summed E-state index contributed by atoms with van der Waals surface area (Å²) in [6.45, 7) is 10.4. The molecule has 0 amide bonds. The van der Waals surface area contributed by atoms with Crippen molar-refractivity contribution in [2.75, 3.05) is 26.2 Å². The van der Waals surface area contributed by atoms with Crippen LogP contribution in [-0.2, 0) is 11.2 Å². The smallest absolute Gasteiger partial charge is 0.0700 e. The summed E-state index contributed by atoms with van der Waals surface area (Å²) in [7, 11) is 0. The molecule has 3 heteroatoms. The zero-order chi connectivity index (χ0) is 15.2. The Hall–Kier alpha value is -0.900. The van der Waals surface area contributed by atoms with Crippen molar-refractivity contribution in [2.24, 2.45) is 11.7 Å². The second-order valence-electron chi connectivity index (χ2n) is 6.61. The van der Waals surface area contributed by atoms with Crippen LogP contribution < -0.4 is 5.73 Å². The topological polar surface area (TPSA) is 38.5 Å². The van der Waals surface area contributed by atoms with Gasteiger partial charge in [0.15, 0.2) is 0 Å². The Labute approximate surface area is 129 Å². The third-order valence-electron chi connectivity index (χ3n) is 4.18. The number of nitrogens with zero attached hydrogens (tertiary/aromatic N) is 1. The van der Waals surface area contributed by atoms with Gasteiger partial charge in [-0.15, -0.1) is 0 Å². The van der Waals surface area contributed by atoms with Crippen LogP contribution in [0.2, 0.25) is 0 Å². The highest BCUT2D eigenvalue weighted by molar-refractivity contribution is 5.25. The number of nitrogens with two attached hydrogens (primary N) is 1. The van der Waals surface area contributed by atoms with Gasteiger partial charge in [0, 0.05) is 25.7 Å². The fourth-order valence-corrected chi connectivity index (χ4v) is 2.95. The summed E-state index contributed by atoms with van der Waals surface area (Å²) >= 11 is 0. The molecule has 1 saturated heterocycles. The van der Waals surface area contributed by atoms with Crippen molar-refractivity contribution in [1.29, 1.82) is 0 Å². The molecule has 1 aliphatic rings. The van der Waals surface area contributed by atoms with Crippen molar-refractivity contribution in [3.05, 3.63) is 35.4 Å². The standard InChI is InChI=1S/C18H30N2O/c1-4-17-12-20(9-10-21-17)13-18(19)16-7-5-15(6-8-16)11-14(2)3/h5-8,14,17-18H,4,9-13,19H2,1-3H3. The van der Waals surface area contributed by atoms with Crippen molar-refractivity contribution in [2.45, 2.75) is 45.8 Å². The predicted molar refractivity (Wildman–Crippen MR) is 88.4 cm³/mol. The monoisotopic (exact) mass is 290 g/mol. The Balaban J connectivity index is 1.89. The van der Waals surface area contributed by atoms with Crippen LogP contribution in [0.5, 0.6) is 0 Å². The van der Waals surface area contributed by atoms with Gasteiger partial charge in [0.2, 0.25) is 0 Å². The molecule has 2 rings (SSSR count). The van der Waals surface area contributed by atoms with Gasteiger partial charge in [-0.3, -0.25) is 4.90 Å². The Bertz CT molecular complexity index is 416. The Morgan fingerprint density at radius 2 is 2.00 bits per heavy atom. The average molecular weight is 290 g/mol. The first-order chi connectivity index (χ1) is 10.1. The van der Waals surface area contributed by atoms with Gasteiger partial charge < -0.3 is 10.5 Å². The van der Waals surface area contributed by atoms with Crippen LogP contribution >= 0.6 is 0 Å². The van der Waals surface area contributed by atoms with E-state index in [1.807, 2.05) is 0 Å². The largest absolute Gasteiger partial charge is 0.376 e. The molecule has 118 valence electrons. The Kier molecular flexibility index (Phi) is 6.22. The lowest BCUT2D eigenvalue weighted by molar-refractivity contribution is -0.0312. The van der Waals surface area contributed by atoms with Gasteiger partial charge in [0.1, 0.15) is 0 Å². The van der Waals surface area contributed by atoms with E-state index >= 15 is 0 Å². The fourth-order valence-electron chi connectivity index (χ4n) is 2.95. The minimum absolute atomic E-state index is 0.0914. The molecule has 3 nitrogen and oxygen atoms in total. The fraction of sp³-hybridized carbons (Fsp3) is 0.667. The number of ether oxygens (including phenoxy) is 1. The summed E-state index contributed by atoms with van der Waals surface area (Å²) in [5, 5.41) is 0. The van der Waals surface area contributed by atoms with Crippen LogP contribution in [-0.4, -0.2) is 37.2 Å². The molecule has 0 aromatic heterocycles. The number of hydrogen-bond acceptors (Lipinski definition) is 3. The summed E-state index contributed by atoms with van der Waals surface area (Å²) in [4.78, 5) is 2.43. The van der Waals surface area contributed by atoms with E-state index in [0.717, 1.165) is 39.1 Å². The first kappa shape index (κ1) is 16.5. The lowest BCUT2D eigenvalue weighted by Crippen LogP contribution is -2.44. The average Bonchev–Trinajstić information content (AvgIpc) is 2.47. The lowest BCUT2D eigenvalue weighted by Gasteiger charge is -2.34. The maximum atomic E-state index is 6.38. The van der Waals surface area contributed by atoms with Gasteiger partial charge in [-0.05, 0) is 29.9 Å². The van der Waals surface area contributed by atoms with E-state index in [1.165, 1.54) is 11.1 Å². The molecule has 1 aliphatic heterocycles. The molecule has 0 saturated carbocycles. The number of morpholine rings is 1. The maximum Gasteiger partial charge on any atom is 0.0700 e. The normalized spacial score (nSPS) is 21.7. The van der Waals surface area contributed by atoms with Crippen LogP contribution in [0.15, 0.2) is 24.3 Å². The first-order valence-corrected chi connectivity index (χ1v) is 8.26. The van der Waals surface area contributed by atoms with Gasteiger partial charge in [-0.1, -0.05) is 45.0 Å². The summed E-state index contributed by atoms with van der Waals surface area (Å²) in [6.07, 6.45) is 2.59. The zero-order valence-electron chi connectivity index (χ0n) is 13.7. The third kappa shape index (κ3) is 5.10. The van der Waals surface area contributed by atoms with Gasteiger partial charge in [0.25, 0.3) is 0 Å². The summed E-state index contributed by atoms with van der Waals surface area (Å²) in [5.74, 6) is 0.698. The van der Waals surface area contributed by atoms with E-state index in [-0.39, 0.29) is 6.04 Å². The lowest BCUT2D eigenvalue weighted by atomic mass is 9.99. The van der Waals surface area contributed by atoms with Crippen molar-refractivity contribution < 1.29 is 4.74 Å². The molecule has 1 aromatic rings. The molecule has 2 unspecified atom stereocenters. The van der Waals surface area contributed by atoms with Gasteiger partial charge in [0.05, 0.1) is 12.7 Å². The van der Waals surface area contributed by atoms with Crippen LogP contribution in [0.1, 0.15) is 44.4 Å². The number of hydrogen-bond donors (Lipinski definition) is 1. The molecule has 0 aliphatic carbocycles. The molecular weight excluding hydrogens is 260 g/mol. The van der Waals surface area contributed by atoms with E-state index in [4.69, 9.17) is 10.5 Å². The highest BCUT2D eigenvalue weighted by atomic mass is 16.5. The molecule has 1 aromatic carbocycles. The molecule has 0 spiro atoms. The molecule has 1 fully saturated rings. The quantitative estimate of drug-likeness (QED) is 0.875. The Morgan fingerprint density at radius 1 is 1.29 bits per heavy atom. The summed E-state index contributed by atoms with van der Waals surface area (Å²) < 4.78 is 5.71. The second kappa shape index (κ2) is 7.92. The van der Waals surface area contributed by atoms with Crippen molar-refractivity contribution in [1.82, 2.24) is 4.90 Å². The number of rotatable bonds is 6. The van der Waals surface area contributed by atoms with Crippen molar-refractivity contribution in [3.63, 3.8) is 0 Å². The number of benzene rings is 1. The molecule has 21 heavy (non-hydrogen) atoms. The second-order valence-corrected chi connectivity index (χ2v) is 6.61. The molecule has 1 heterocycles. The highest BCUT2D eigenvalue weighted by Gasteiger charge is 2.21. The van der Waals surface area contributed by atoms with Crippen LogP contribution in [0.3, 0.4) is 0 Å². The molecule has 0 bridgehead atoms. The van der Waals surface area contributed by atoms with Crippen LogP contribution in [0, 0.1) is 5.92 Å². The Morgan fingerprint density at radius 3 is 2.62 bits per heavy atom. The van der Waals surface area contributed by atoms with Crippen molar-refractivity contribution >= 4 is 0 Å². The van der Waals surface area contributed by atoms with Gasteiger partial charge in [-0.2, -0.15) is 0 Å². The van der Waals surface area contributed by atoms with Crippen molar-refractivity contribution in [3.8, 4) is 0 Å². The molecular formula is C18H30N2O.